The third-order valence-electron chi connectivity index (χ3n) is 5.31. The highest BCUT2D eigenvalue weighted by atomic mass is 16.5. The van der Waals surface area contributed by atoms with E-state index in [4.69, 9.17) is 10.5 Å². The van der Waals surface area contributed by atoms with E-state index >= 15 is 0 Å². The Morgan fingerprint density at radius 1 is 1.34 bits per heavy atom. The fourth-order valence-corrected chi connectivity index (χ4v) is 3.51. The number of imidazole rings is 1. The van der Waals surface area contributed by atoms with Crippen LogP contribution in [0.3, 0.4) is 0 Å². The van der Waals surface area contributed by atoms with Crippen LogP contribution < -0.4 is 16.4 Å². The summed E-state index contributed by atoms with van der Waals surface area (Å²) in [5.74, 6) is 0.385. The number of amides is 1. The maximum atomic E-state index is 12.6. The van der Waals surface area contributed by atoms with Crippen LogP contribution in [0.1, 0.15) is 41.4 Å². The molecular formula is C23H31N7O2. The Morgan fingerprint density at radius 3 is 2.81 bits per heavy atom. The fraction of sp³-hybridized carbons (Fsp3) is 0.391. The maximum Gasteiger partial charge on any atom is 0.271 e. The summed E-state index contributed by atoms with van der Waals surface area (Å²) in [5, 5.41) is 6.34. The number of nitrogens with two attached hydrogens (primary N) is 1. The van der Waals surface area contributed by atoms with Crippen LogP contribution in [0.25, 0.3) is 0 Å². The van der Waals surface area contributed by atoms with Gasteiger partial charge in [-0.3, -0.25) is 24.7 Å². The van der Waals surface area contributed by atoms with Gasteiger partial charge in [0.2, 0.25) is 0 Å². The van der Waals surface area contributed by atoms with Crippen molar-refractivity contribution >= 4 is 18.5 Å². The predicted molar refractivity (Wildman–Crippen MR) is 126 cm³/mol. The van der Waals surface area contributed by atoms with Crippen molar-refractivity contribution in [3.8, 4) is 0 Å². The van der Waals surface area contributed by atoms with Gasteiger partial charge >= 0.3 is 0 Å². The molecule has 9 heteroatoms. The smallest absolute Gasteiger partial charge is 0.271 e. The Kier molecular flexibility index (Phi) is 8.85. The Morgan fingerprint density at radius 2 is 2.09 bits per heavy atom. The van der Waals surface area contributed by atoms with E-state index in [1.54, 1.807) is 23.3 Å². The zero-order valence-corrected chi connectivity index (χ0v) is 18.5. The van der Waals surface area contributed by atoms with Crippen molar-refractivity contribution in [2.24, 2.45) is 15.7 Å². The van der Waals surface area contributed by atoms with E-state index in [9.17, 15) is 4.79 Å². The van der Waals surface area contributed by atoms with Crippen LogP contribution in [0.5, 0.6) is 0 Å². The van der Waals surface area contributed by atoms with Crippen molar-refractivity contribution in [2.75, 3.05) is 19.9 Å². The number of ether oxygens (including phenoxy) is 1. The van der Waals surface area contributed by atoms with E-state index in [-0.39, 0.29) is 5.91 Å². The lowest BCUT2D eigenvalue weighted by Gasteiger charge is -2.22. The van der Waals surface area contributed by atoms with Gasteiger partial charge in [-0.2, -0.15) is 0 Å². The molecule has 170 valence electrons. The third kappa shape index (κ3) is 6.43. The van der Waals surface area contributed by atoms with Crippen LogP contribution in [0, 0.1) is 0 Å². The molecule has 3 rings (SSSR count). The van der Waals surface area contributed by atoms with Crippen molar-refractivity contribution in [1.29, 1.82) is 0 Å². The second-order valence-electron chi connectivity index (χ2n) is 7.55. The first kappa shape index (κ1) is 23.5. The van der Waals surface area contributed by atoms with Crippen molar-refractivity contribution < 1.29 is 9.53 Å². The molecule has 4 N–H and O–H groups in total. The molecule has 0 spiro atoms. The summed E-state index contributed by atoms with van der Waals surface area (Å²) in [4.78, 5) is 25.4. The highest BCUT2D eigenvalue weighted by molar-refractivity contribution is 6.00. The number of aromatic nitrogens is 2. The van der Waals surface area contributed by atoms with Crippen molar-refractivity contribution in [3.05, 3.63) is 65.4 Å². The second kappa shape index (κ2) is 12.0. The topological polar surface area (TPSA) is 119 Å². The first-order valence-electron chi connectivity index (χ1n) is 10.7. The van der Waals surface area contributed by atoms with E-state index in [1.165, 1.54) is 0 Å². The number of benzene rings is 1. The van der Waals surface area contributed by atoms with Gasteiger partial charge in [0.25, 0.3) is 5.91 Å². The standard InChI is InChI=1S/C23H31N7O2/c1-17(12-25-2)22(28-15-27-20-7-9-32-10-8-20)30-14-21(29-16-30)23(31)26-13-19-6-4-3-5-18(19)11-24/h3-6,12,14,16,20,27H,2,7-11,13,15,24H2,1H3,(H,26,31)/b17-12-,28-22+. The number of hydrogen-bond donors (Lipinski definition) is 3. The van der Waals surface area contributed by atoms with Crippen LogP contribution in [0.15, 0.2) is 58.5 Å². The van der Waals surface area contributed by atoms with Crippen molar-refractivity contribution in [3.63, 3.8) is 0 Å². The average Bonchev–Trinajstić information content (AvgIpc) is 3.31. The highest BCUT2D eigenvalue weighted by Crippen LogP contribution is 2.09. The number of rotatable bonds is 9. The van der Waals surface area contributed by atoms with Gasteiger partial charge in [-0.05, 0) is 37.6 Å². The van der Waals surface area contributed by atoms with E-state index in [0.717, 1.165) is 42.8 Å². The van der Waals surface area contributed by atoms with Gasteiger partial charge in [0, 0.05) is 50.3 Å². The highest BCUT2D eigenvalue weighted by Gasteiger charge is 2.15. The van der Waals surface area contributed by atoms with E-state index in [2.05, 4.69) is 32.3 Å². The molecule has 0 saturated carbocycles. The quantitative estimate of drug-likeness (QED) is 0.409. The molecular weight excluding hydrogens is 406 g/mol. The molecule has 1 aliphatic heterocycles. The lowest BCUT2D eigenvalue weighted by molar-refractivity contribution is 0.0783. The number of hydrogen-bond acceptors (Lipinski definition) is 7. The minimum atomic E-state index is -0.265. The summed E-state index contributed by atoms with van der Waals surface area (Å²) < 4.78 is 7.12. The van der Waals surface area contributed by atoms with E-state index < -0.39 is 0 Å². The molecule has 1 amide bonds. The number of carbonyl (C=O) groups excluding carboxylic acids is 1. The lowest BCUT2D eigenvalue weighted by atomic mass is 10.1. The summed E-state index contributed by atoms with van der Waals surface area (Å²) >= 11 is 0. The number of carbonyl (C=O) groups is 1. The largest absolute Gasteiger partial charge is 0.381 e. The lowest BCUT2D eigenvalue weighted by Crippen LogP contribution is -2.35. The Bertz CT molecular complexity index is 974. The van der Waals surface area contributed by atoms with Crippen LogP contribution in [0.2, 0.25) is 0 Å². The normalized spacial score (nSPS) is 15.6. The summed E-state index contributed by atoms with van der Waals surface area (Å²) in [6, 6.07) is 8.15. The molecule has 9 nitrogen and oxygen atoms in total. The molecule has 0 aliphatic carbocycles. The molecule has 0 bridgehead atoms. The van der Waals surface area contributed by atoms with Gasteiger partial charge in [-0.15, -0.1) is 0 Å². The number of allylic oxidation sites excluding steroid dienone is 1. The van der Waals surface area contributed by atoms with E-state index in [0.29, 0.717) is 37.3 Å². The van der Waals surface area contributed by atoms with Crippen LogP contribution in [-0.4, -0.2) is 53.9 Å². The van der Waals surface area contributed by atoms with Crippen LogP contribution in [-0.2, 0) is 17.8 Å². The first-order chi connectivity index (χ1) is 15.6. The zero-order chi connectivity index (χ0) is 22.8. The molecule has 2 heterocycles. The monoisotopic (exact) mass is 437 g/mol. The fourth-order valence-electron chi connectivity index (χ4n) is 3.51. The molecule has 1 aliphatic rings. The molecule has 1 saturated heterocycles. The molecule has 1 fully saturated rings. The summed E-state index contributed by atoms with van der Waals surface area (Å²) in [6.45, 7) is 8.20. The van der Waals surface area contributed by atoms with Crippen LogP contribution >= 0.6 is 0 Å². The number of nitrogens with zero attached hydrogens (tertiary/aromatic N) is 4. The Hall–Kier alpha value is -3.14. The molecule has 32 heavy (non-hydrogen) atoms. The molecule has 0 unspecified atom stereocenters. The third-order valence-corrected chi connectivity index (χ3v) is 5.31. The van der Waals surface area contributed by atoms with Gasteiger partial charge in [0.15, 0.2) is 0 Å². The maximum absolute atomic E-state index is 12.6. The van der Waals surface area contributed by atoms with Crippen molar-refractivity contribution in [2.45, 2.75) is 38.9 Å². The predicted octanol–water partition coefficient (Wildman–Crippen LogP) is 1.85. The molecule has 1 aromatic heterocycles. The Labute approximate surface area is 188 Å². The minimum Gasteiger partial charge on any atom is -0.381 e. The number of aliphatic imine (C=N–C) groups is 2. The molecule has 1 aromatic carbocycles. The SMILES string of the molecule is C=N/C=C(C)\C(=N/CNC1CCOCC1)n1cnc(C(=O)NCc2ccccc2CN)c1. The minimum absolute atomic E-state index is 0.265. The Balaban J connectivity index is 1.68. The van der Waals surface area contributed by atoms with Gasteiger partial charge in [-0.25, -0.2) is 4.98 Å². The van der Waals surface area contributed by atoms with E-state index in [1.807, 2.05) is 31.2 Å². The van der Waals surface area contributed by atoms with Gasteiger partial charge in [0.05, 0.1) is 6.67 Å². The molecule has 0 atom stereocenters. The summed E-state index contributed by atoms with van der Waals surface area (Å²) in [5.41, 5.74) is 8.88. The summed E-state index contributed by atoms with van der Waals surface area (Å²) in [6.07, 6.45) is 6.82. The van der Waals surface area contributed by atoms with Gasteiger partial charge in [-0.1, -0.05) is 24.3 Å². The zero-order valence-electron chi connectivity index (χ0n) is 18.5. The van der Waals surface area contributed by atoms with Crippen molar-refractivity contribution in [1.82, 2.24) is 20.2 Å². The summed E-state index contributed by atoms with van der Waals surface area (Å²) in [7, 11) is 0. The molecule has 0 radical (unpaired) electrons. The second-order valence-corrected chi connectivity index (χ2v) is 7.55. The first-order valence-corrected chi connectivity index (χ1v) is 10.7. The average molecular weight is 438 g/mol. The van der Waals surface area contributed by atoms with Crippen LogP contribution in [0.4, 0.5) is 0 Å². The molecule has 2 aromatic rings. The van der Waals surface area contributed by atoms with Gasteiger partial charge < -0.3 is 15.8 Å². The number of nitrogens with one attached hydrogen (secondary N) is 2. The van der Waals surface area contributed by atoms with Gasteiger partial charge in [0.1, 0.15) is 17.9 Å².